The quantitative estimate of drug-likeness (QED) is 0.513. The molecule has 2 saturated heterocycles. The summed E-state index contributed by atoms with van der Waals surface area (Å²) in [7, 11) is -3.39. The third-order valence-corrected chi connectivity index (χ3v) is 7.51. The molecule has 0 spiro atoms. The van der Waals surface area contributed by atoms with Gasteiger partial charge in [0.1, 0.15) is 12.0 Å². The van der Waals surface area contributed by atoms with Crippen molar-refractivity contribution in [2.75, 3.05) is 52.4 Å². The molecule has 1 aromatic rings. The second-order valence-corrected chi connectivity index (χ2v) is 9.57. The fourth-order valence-corrected chi connectivity index (χ4v) is 5.49. The first-order chi connectivity index (χ1) is 14.0. The number of aromatic nitrogens is 1. The van der Waals surface area contributed by atoms with Gasteiger partial charge in [0.2, 0.25) is 10.0 Å². The van der Waals surface area contributed by atoms with Crippen LogP contribution in [-0.2, 0) is 15.8 Å². The molecule has 3 rings (SSSR count). The van der Waals surface area contributed by atoms with E-state index in [9.17, 15) is 8.42 Å². The van der Waals surface area contributed by atoms with Crippen molar-refractivity contribution in [2.24, 2.45) is 4.99 Å². The number of nitrogens with one attached hydrogen (secondary N) is 1. The number of rotatable bonds is 7. The molecule has 29 heavy (non-hydrogen) atoms. The summed E-state index contributed by atoms with van der Waals surface area (Å²) in [5, 5.41) is 7.10. The van der Waals surface area contributed by atoms with Crippen molar-refractivity contribution in [2.45, 2.75) is 44.9 Å². The van der Waals surface area contributed by atoms with E-state index < -0.39 is 10.0 Å². The Kier molecular flexibility index (Phi) is 7.91. The fourth-order valence-electron chi connectivity index (χ4n) is 4.07. The van der Waals surface area contributed by atoms with Crippen LogP contribution < -0.4 is 5.32 Å². The number of guanidine groups is 1. The Labute approximate surface area is 174 Å². The Bertz CT molecular complexity index is 744. The van der Waals surface area contributed by atoms with E-state index in [4.69, 9.17) is 9.52 Å². The zero-order valence-corrected chi connectivity index (χ0v) is 18.4. The van der Waals surface area contributed by atoms with E-state index in [1.807, 2.05) is 0 Å². The molecule has 3 heterocycles. The number of likely N-dealkylation sites (N-methyl/N-ethyl adjacent to an activating group) is 1. The molecule has 1 unspecified atom stereocenters. The first-order valence-electron chi connectivity index (χ1n) is 10.7. The van der Waals surface area contributed by atoms with Gasteiger partial charge < -0.3 is 14.7 Å². The zero-order chi connectivity index (χ0) is 20.7. The molecule has 2 aliphatic heterocycles. The van der Waals surface area contributed by atoms with Crippen molar-refractivity contribution in [3.8, 4) is 0 Å². The average Bonchev–Trinajstić information content (AvgIpc) is 3.23. The molecule has 0 amide bonds. The molecule has 9 nitrogen and oxygen atoms in total. The predicted molar refractivity (Wildman–Crippen MR) is 113 cm³/mol. The minimum atomic E-state index is -3.39. The normalized spacial score (nSPS) is 22.8. The van der Waals surface area contributed by atoms with Crippen molar-refractivity contribution in [3.63, 3.8) is 0 Å². The standard InChI is InChI=1S/C19H34N6O3S/c1-3-20-19(21-15-18-7-5-6-9-23(18)4-2)24-10-12-25(13-11-24)29(26,27)16-17-8-14-28-22-17/h8,14,18H,3-7,9-13,15-16H2,1-2H3,(H,20,21). The van der Waals surface area contributed by atoms with Crippen LogP contribution in [0, 0.1) is 0 Å². The molecule has 2 aliphatic rings. The van der Waals surface area contributed by atoms with Crippen LogP contribution in [0.1, 0.15) is 38.8 Å². The number of aliphatic imine (C=N–C) groups is 1. The van der Waals surface area contributed by atoms with Crippen LogP contribution in [0.5, 0.6) is 0 Å². The number of nitrogens with zero attached hydrogens (tertiary/aromatic N) is 5. The number of hydrogen-bond donors (Lipinski definition) is 1. The lowest BCUT2D eigenvalue weighted by molar-refractivity contribution is 0.161. The van der Waals surface area contributed by atoms with Gasteiger partial charge in [0, 0.05) is 44.8 Å². The van der Waals surface area contributed by atoms with E-state index in [0.717, 1.165) is 32.1 Å². The monoisotopic (exact) mass is 426 g/mol. The third-order valence-electron chi connectivity index (χ3n) is 5.70. The maximum Gasteiger partial charge on any atom is 0.220 e. The summed E-state index contributed by atoms with van der Waals surface area (Å²) in [5.74, 6) is 0.773. The lowest BCUT2D eigenvalue weighted by atomic mass is 10.0. The lowest BCUT2D eigenvalue weighted by Gasteiger charge is -2.37. The summed E-state index contributed by atoms with van der Waals surface area (Å²) in [5.41, 5.74) is 0.440. The SMILES string of the molecule is CCNC(=NCC1CCCCN1CC)N1CCN(S(=O)(=O)Cc2ccon2)CC1. The van der Waals surface area contributed by atoms with Crippen molar-refractivity contribution in [1.29, 1.82) is 0 Å². The minimum absolute atomic E-state index is 0.119. The molecule has 2 fully saturated rings. The highest BCUT2D eigenvalue weighted by atomic mass is 32.2. The van der Waals surface area contributed by atoms with Gasteiger partial charge in [-0.05, 0) is 32.9 Å². The Hall–Kier alpha value is -1.65. The Morgan fingerprint density at radius 3 is 2.69 bits per heavy atom. The van der Waals surface area contributed by atoms with Crippen molar-refractivity contribution >= 4 is 16.0 Å². The lowest BCUT2D eigenvalue weighted by Crippen LogP contribution is -2.54. The molecule has 0 bridgehead atoms. The van der Waals surface area contributed by atoms with E-state index in [1.54, 1.807) is 10.4 Å². The number of piperazine rings is 1. The molecule has 1 N–H and O–H groups in total. The highest BCUT2D eigenvalue weighted by Crippen LogP contribution is 2.17. The van der Waals surface area contributed by atoms with Gasteiger partial charge in [-0.1, -0.05) is 18.5 Å². The summed E-state index contributed by atoms with van der Waals surface area (Å²) < 4.78 is 31.6. The van der Waals surface area contributed by atoms with Gasteiger partial charge >= 0.3 is 0 Å². The van der Waals surface area contributed by atoms with E-state index in [1.165, 1.54) is 25.5 Å². The number of sulfonamides is 1. The largest absolute Gasteiger partial charge is 0.364 e. The summed E-state index contributed by atoms with van der Waals surface area (Å²) in [6.07, 6.45) is 5.15. The highest BCUT2D eigenvalue weighted by molar-refractivity contribution is 7.88. The number of hydrogen-bond acceptors (Lipinski definition) is 6. The van der Waals surface area contributed by atoms with Crippen molar-refractivity contribution in [1.82, 2.24) is 24.6 Å². The van der Waals surface area contributed by atoms with Gasteiger partial charge in [0.05, 0.1) is 12.2 Å². The van der Waals surface area contributed by atoms with E-state index >= 15 is 0 Å². The fraction of sp³-hybridized carbons (Fsp3) is 0.789. The molecule has 1 aromatic heterocycles. The highest BCUT2D eigenvalue weighted by Gasteiger charge is 2.29. The van der Waals surface area contributed by atoms with Gasteiger partial charge in [-0.3, -0.25) is 9.89 Å². The van der Waals surface area contributed by atoms with Gasteiger partial charge in [-0.15, -0.1) is 0 Å². The molecule has 0 aliphatic carbocycles. The Balaban J connectivity index is 1.57. The summed E-state index contributed by atoms with van der Waals surface area (Å²) in [6.45, 7) is 10.3. The van der Waals surface area contributed by atoms with E-state index in [-0.39, 0.29) is 5.75 Å². The van der Waals surface area contributed by atoms with Crippen LogP contribution in [0.4, 0.5) is 0 Å². The minimum Gasteiger partial charge on any atom is -0.364 e. The molecule has 0 aromatic carbocycles. The maximum atomic E-state index is 12.6. The molecule has 10 heteroatoms. The molecule has 0 saturated carbocycles. The first-order valence-corrected chi connectivity index (χ1v) is 12.3. The van der Waals surface area contributed by atoms with Crippen molar-refractivity contribution < 1.29 is 12.9 Å². The predicted octanol–water partition coefficient (Wildman–Crippen LogP) is 0.962. The number of likely N-dealkylation sites (tertiary alicyclic amines) is 1. The molecule has 164 valence electrons. The molecule has 1 atom stereocenters. The van der Waals surface area contributed by atoms with E-state index in [0.29, 0.717) is 37.9 Å². The third kappa shape index (κ3) is 5.93. The first kappa shape index (κ1) is 22.0. The molecule has 0 radical (unpaired) electrons. The molecular formula is C19H34N6O3S. The zero-order valence-electron chi connectivity index (χ0n) is 17.6. The van der Waals surface area contributed by atoms with Gasteiger partial charge in [-0.25, -0.2) is 8.42 Å². The second-order valence-electron chi connectivity index (χ2n) is 7.61. The van der Waals surface area contributed by atoms with Gasteiger partial charge in [0.15, 0.2) is 5.96 Å². The smallest absolute Gasteiger partial charge is 0.220 e. The van der Waals surface area contributed by atoms with Gasteiger partial charge in [-0.2, -0.15) is 4.31 Å². The summed E-state index contributed by atoms with van der Waals surface area (Å²) in [4.78, 5) is 9.60. The van der Waals surface area contributed by atoms with Crippen LogP contribution >= 0.6 is 0 Å². The summed E-state index contributed by atoms with van der Waals surface area (Å²) in [6, 6.07) is 2.10. The van der Waals surface area contributed by atoms with Crippen LogP contribution in [0.15, 0.2) is 21.8 Å². The van der Waals surface area contributed by atoms with Crippen LogP contribution in [0.2, 0.25) is 0 Å². The molecular weight excluding hydrogens is 392 g/mol. The van der Waals surface area contributed by atoms with Crippen LogP contribution in [0.25, 0.3) is 0 Å². The van der Waals surface area contributed by atoms with Gasteiger partial charge in [0.25, 0.3) is 0 Å². The Morgan fingerprint density at radius 2 is 2.03 bits per heavy atom. The van der Waals surface area contributed by atoms with Crippen LogP contribution in [-0.4, -0.2) is 92.0 Å². The topological polar surface area (TPSA) is 94.3 Å². The average molecular weight is 427 g/mol. The second kappa shape index (κ2) is 10.4. The maximum absolute atomic E-state index is 12.6. The number of piperidine rings is 1. The Morgan fingerprint density at radius 1 is 1.24 bits per heavy atom. The van der Waals surface area contributed by atoms with Crippen LogP contribution in [0.3, 0.4) is 0 Å². The van der Waals surface area contributed by atoms with E-state index in [2.05, 4.69) is 34.1 Å². The van der Waals surface area contributed by atoms with Crippen molar-refractivity contribution in [3.05, 3.63) is 18.0 Å². The summed E-state index contributed by atoms with van der Waals surface area (Å²) >= 11 is 0.